The minimum atomic E-state index is -0.137. The molecule has 0 bridgehead atoms. The molecular formula is C17H20FNOS. The third-order valence-electron chi connectivity index (χ3n) is 3.06. The van der Waals surface area contributed by atoms with Crippen LogP contribution in [0, 0.1) is 5.82 Å². The highest BCUT2D eigenvalue weighted by molar-refractivity contribution is 7.98. The lowest BCUT2D eigenvalue weighted by atomic mass is 10.2. The smallest absolute Gasteiger partial charge is 0.127 e. The molecule has 0 aliphatic heterocycles. The van der Waals surface area contributed by atoms with Gasteiger partial charge in [0.15, 0.2) is 0 Å². The molecule has 1 N–H and O–H groups in total. The van der Waals surface area contributed by atoms with E-state index in [-0.39, 0.29) is 5.82 Å². The molecule has 0 aromatic heterocycles. The fourth-order valence-corrected chi connectivity index (χ4v) is 2.89. The van der Waals surface area contributed by atoms with Crippen LogP contribution in [-0.2, 0) is 17.0 Å². The standard InChI is InChI=1S/C17H20FNOS/c1-20-10-9-19-12-14-5-4-7-16(11-14)21-13-15-6-2-3-8-17(15)18/h2-8,11,19H,9-10,12-13H2,1H3. The van der Waals surface area contributed by atoms with Crippen molar-refractivity contribution in [3.8, 4) is 0 Å². The molecule has 2 nitrogen and oxygen atoms in total. The predicted molar refractivity (Wildman–Crippen MR) is 86.0 cm³/mol. The zero-order chi connectivity index (χ0) is 14.9. The van der Waals surface area contributed by atoms with Gasteiger partial charge in [-0.1, -0.05) is 30.3 Å². The zero-order valence-corrected chi connectivity index (χ0v) is 13.0. The topological polar surface area (TPSA) is 21.3 Å². The number of nitrogens with one attached hydrogen (secondary N) is 1. The first-order valence-electron chi connectivity index (χ1n) is 6.94. The van der Waals surface area contributed by atoms with Crippen molar-refractivity contribution in [1.29, 1.82) is 0 Å². The van der Waals surface area contributed by atoms with Crippen molar-refractivity contribution >= 4 is 11.8 Å². The Morgan fingerprint density at radius 1 is 1.14 bits per heavy atom. The molecular weight excluding hydrogens is 285 g/mol. The van der Waals surface area contributed by atoms with E-state index in [1.807, 2.05) is 18.2 Å². The molecule has 0 amide bonds. The molecule has 0 aliphatic rings. The molecule has 0 atom stereocenters. The second-order valence-corrected chi connectivity index (χ2v) is 5.75. The van der Waals surface area contributed by atoms with E-state index in [0.717, 1.165) is 23.5 Å². The number of hydrogen-bond acceptors (Lipinski definition) is 3. The Kier molecular flexibility index (Phi) is 6.73. The van der Waals surface area contributed by atoms with Gasteiger partial charge in [-0.25, -0.2) is 4.39 Å². The van der Waals surface area contributed by atoms with Crippen LogP contribution in [0.2, 0.25) is 0 Å². The highest BCUT2D eigenvalue weighted by Crippen LogP contribution is 2.24. The normalized spacial score (nSPS) is 10.8. The van der Waals surface area contributed by atoms with Crippen LogP contribution in [0.5, 0.6) is 0 Å². The SMILES string of the molecule is COCCNCc1cccc(SCc2ccccc2F)c1. The minimum Gasteiger partial charge on any atom is -0.383 e. The van der Waals surface area contributed by atoms with Crippen LogP contribution in [0.25, 0.3) is 0 Å². The summed E-state index contributed by atoms with van der Waals surface area (Å²) in [6.45, 7) is 2.36. The lowest BCUT2D eigenvalue weighted by Gasteiger charge is -2.07. The number of ether oxygens (including phenoxy) is 1. The van der Waals surface area contributed by atoms with Crippen molar-refractivity contribution in [1.82, 2.24) is 5.32 Å². The van der Waals surface area contributed by atoms with Crippen molar-refractivity contribution < 1.29 is 9.13 Å². The van der Waals surface area contributed by atoms with Gasteiger partial charge in [-0.05, 0) is 29.3 Å². The summed E-state index contributed by atoms with van der Waals surface area (Å²) in [7, 11) is 1.70. The van der Waals surface area contributed by atoms with E-state index in [0.29, 0.717) is 12.4 Å². The highest BCUT2D eigenvalue weighted by Gasteiger charge is 2.02. The van der Waals surface area contributed by atoms with Gasteiger partial charge in [0.25, 0.3) is 0 Å². The van der Waals surface area contributed by atoms with Crippen LogP contribution in [-0.4, -0.2) is 20.3 Å². The third kappa shape index (κ3) is 5.50. The number of hydrogen-bond donors (Lipinski definition) is 1. The van der Waals surface area contributed by atoms with Gasteiger partial charge in [0.05, 0.1) is 6.61 Å². The van der Waals surface area contributed by atoms with E-state index in [1.165, 1.54) is 11.6 Å². The Labute approximate surface area is 129 Å². The monoisotopic (exact) mass is 305 g/mol. The average Bonchev–Trinajstić information content (AvgIpc) is 2.51. The van der Waals surface area contributed by atoms with Crippen LogP contribution in [0.1, 0.15) is 11.1 Å². The first-order valence-corrected chi connectivity index (χ1v) is 7.93. The predicted octanol–water partition coefficient (Wildman–Crippen LogP) is 3.85. The molecule has 0 spiro atoms. The Hall–Kier alpha value is -1.36. The highest BCUT2D eigenvalue weighted by atomic mass is 32.2. The minimum absolute atomic E-state index is 0.137. The zero-order valence-electron chi connectivity index (χ0n) is 12.1. The van der Waals surface area contributed by atoms with Crippen LogP contribution >= 0.6 is 11.8 Å². The van der Waals surface area contributed by atoms with Gasteiger partial charge in [-0.2, -0.15) is 0 Å². The van der Waals surface area contributed by atoms with Crippen molar-refractivity contribution in [2.45, 2.75) is 17.2 Å². The van der Waals surface area contributed by atoms with Gasteiger partial charge in [0, 0.05) is 30.8 Å². The summed E-state index contributed by atoms with van der Waals surface area (Å²) in [4.78, 5) is 1.16. The summed E-state index contributed by atoms with van der Waals surface area (Å²) in [5.41, 5.74) is 1.97. The van der Waals surface area contributed by atoms with Crippen molar-refractivity contribution in [2.75, 3.05) is 20.3 Å². The van der Waals surface area contributed by atoms with Crippen LogP contribution in [0.3, 0.4) is 0 Å². The molecule has 0 heterocycles. The number of halogens is 1. The van der Waals surface area contributed by atoms with Crippen LogP contribution in [0.4, 0.5) is 4.39 Å². The van der Waals surface area contributed by atoms with Gasteiger partial charge in [0.2, 0.25) is 0 Å². The summed E-state index contributed by atoms with van der Waals surface area (Å²) in [6.07, 6.45) is 0. The lowest BCUT2D eigenvalue weighted by Crippen LogP contribution is -2.18. The van der Waals surface area contributed by atoms with Gasteiger partial charge in [-0.15, -0.1) is 11.8 Å². The Morgan fingerprint density at radius 3 is 2.81 bits per heavy atom. The van der Waals surface area contributed by atoms with Gasteiger partial charge < -0.3 is 10.1 Å². The molecule has 21 heavy (non-hydrogen) atoms. The summed E-state index contributed by atoms with van der Waals surface area (Å²) in [5, 5.41) is 3.32. The molecule has 0 saturated heterocycles. The van der Waals surface area contributed by atoms with Crippen LogP contribution < -0.4 is 5.32 Å². The second kappa shape index (κ2) is 8.82. The molecule has 0 aliphatic carbocycles. The molecule has 4 heteroatoms. The molecule has 0 radical (unpaired) electrons. The summed E-state index contributed by atoms with van der Waals surface area (Å²) < 4.78 is 18.6. The number of rotatable bonds is 8. The summed E-state index contributed by atoms with van der Waals surface area (Å²) in [6, 6.07) is 15.3. The maximum Gasteiger partial charge on any atom is 0.127 e. The van der Waals surface area contributed by atoms with E-state index in [4.69, 9.17) is 4.74 Å². The van der Waals surface area contributed by atoms with Gasteiger partial charge >= 0.3 is 0 Å². The molecule has 2 aromatic carbocycles. The van der Waals surface area contributed by atoms with Gasteiger partial charge in [-0.3, -0.25) is 0 Å². The lowest BCUT2D eigenvalue weighted by molar-refractivity contribution is 0.199. The molecule has 0 fully saturated rings. The Balaban J connectivity index is 1.87. The first-order chi connectivity index (χ1) is 10.3. The maximum absolute atomic E-state index is 13.6. The van der Waals surface area contributed by atoms with Crippen LogP contribution in [0.15, 0.2) is 53.4 Å². The second-order valence-electron chi connectivity index (χ2n) is 4.70. The quantitative estimate of drug-likeness (QED) is 0.591. The van der Waals surface area contributed by atoms with Crippen molar-refractivity contribution in [3.05, 3.63) is 65.5 Å². The van der Waals surface area contributed by atoms with Crippen molar-refractivity contribution in [2.24, 2.45) is 0 Å². The van der Waals surface area contributed by atoms with E-state index in [2.05, 4.69) is 23.5 Å². The molecule has 2 rings (SSSR count). The number of methoxy groups -OCH3 is 1. The first kappa shape index (κ1) is 16.0. The van der Waals surface area contributed by atoms with E-state index in [9.17, 15) is 4.39 Å². The average molecular weight is 305 g/mol. The van der Waals surface area contributed by atoms with E-state index >= 15 is 0 Å². The molecule has 2 aromatic rings. The fraction of sp³-hybridized carbons (Fsp3) is 0.294. The van der Waals surface area contributed by atoms with E-state index < -0.39 is 0 Å². The third-order valence-corrected chi connectivity index (χ3v) is 4.11. The number of thioether (sulfide) groups is 1. The summed E-state index contributed by atoms with van der Waals surface area (Å²) in [5.74, 6) is 0.509. The molecule has 0 unspecified atom stereocenters. The Bertz CT molecular complexity index is 562. The number of benzene rings is 2. The largest absolute Gasteiger partial charge is 0.383 e. The maximum atomic E-state index is 13.6. The molecule has 0 saturated carbocycles. The Morgan fingerprint density at radius 2 is 2.00 bits per heavy atom. The fourth-order valence-electron chi connectivity index (χ4n) is 1.93. The van der Waals surface area contributed by atoms with Gasteiger partial charge in [0.1, 0.15) is 5.82 Å². The summed E-state index contributed by atoms with van der Waals surface area (Å²) >= 11 is 1.65. The van der Waals surface area contributed by atoms with Crippen molar-refractivity contribution in [3.63, 3.8) is 0 Å². The van der Waals surface area contributed by atoms with E-state index in [1.54, 1.807) is 24.9 Å². The molecule has 112 valence electrons.